The molecule has 0 aliphatic carbocycles. The van der Waals surface area contributed by atoms with Crippen molar-refractivity contribution in [2.75, 3.05) is 5.32 Å². The Bertz CT molecular complexity index is 508. The van der Waals surface area contributed by atoms with E-state index in [0.717, 1.165) is 6.54 Å². The van der Waals surface area contributed by atoms with E-state index in [1.165, 1.54) is 30.1 Å². The second kappa shape index (κ2) is 5.40. The summed E-state index contributed by atoms with van der Waals surface area (Å²) in [6.45, 7) is 7.39. The maximum Gasteiger partial charge on any atom is 0.0494 e. The van der Waals surface area contributed by atoms with Crippen LogP contribution in [-0.4, -0.2) is 0 Å². The Labute approximate surface area is 120 Å². The maximum atomic E-state index is 3.55. The molecule has 17 heavy (non-hydrogen) atoms. The van der Waals surface area contributed by atoms with Crippen LogP contribution in [0.5, 0.6) is 0 Å². The number of anilines is 1. The van der Waals surface area contributed by atoms with E-state index in [1.807, 2.05) is 11.3 Å². The Balaban J connectivity index is 2.14. The molecule has 0 fully saturated rings. The number of benzene rings is 1. The largest absolute Gasteiger partial charge is 0.380 e. The van der Waals surface area contributed by atoms with Gasteiger partial charge in [0.2, 0.25) is 0 Å². The average molecular weight is 357 g/mol. The summed E-state index contributed by atoms with van der Waals surface area (Å²) in [6, 6.07) is 8.81. The fourth-order valence-corrected chi connectivity index (χ4v) is 3.71. The first-order chi connectivity index (χ1) is 8.06. The molecule has 1 aromatic heterocycles. The fraction of sp³-hybridized carbons (Fsp3) is 0.286. The first-order valence-electron chi connectivity index (χ1n) is 5.62. The van der Waals surface area contributed by atoms with Crippen LogP contribution in [0.15, 0.2) is 24.3 Å². The van der Waals surface area contributed by atoms with Crippen molar-refractivity contribution in [2.24, 2.45) is 0 Å². The molecule has 0 amide bonds. The SMILES string of the molecule is Cc1ccc(CNc2c(C)cc(I)cc2C)s1. The van der Waals surface area contributed by atoms with Gasteiger partial charge < -0.3 is 5.32 Å². The van der Waals surface area contributed by atoms with E-state index in [-0.39, 0.29) is 0 Å². The Morgan fingerprint density at radius 3 is 2.29 bits per heavy atom. The molecule has 1 N–H and O–H groups in total. The highest BCUT2D eigenvalue weighted by molar-refractivity contribution is 14.1. The topological polar surface area (TPSA) is 12.0 Å². The second-order valence-corrected chi connectivity index (χ2v) is 6.90. The monoisotopic (exact) mass is 357 g/mol. The van der Waals surface area contributed by atoms with E-state index >= 15 is 0 Å². The van der Waals surface area contributed by atoms with Gasteiger partial charge in [-0.1, -0.05) is 0 Å². The summed E-state index contributed by atoms with van der Waals surface area (Å²) in [7, 11) is 0. The molecule has 1 aromatic carbocycles. The van der Waals surface area contributed by atoms with E-state index < -0.39 is 0 Å². The molecule has 3 heteroatoms. The van der Waals surface area contributed by atoms with Gasteiger partial charge in [-0.25, -0.2) is 0 Å². The highest BCUT2D eigenvalue weighted by Crippen LogP contribution is 2.24. The summed E-state index contributed by atoms with van der Waals surface area (Å²) in [4.78, 5) is 2.76. The normalized spacial score (nSPS) is 10.6. The van der Waals surface area contributed by atoms with E-state index in [2.05, 4.69) is 72.9 Å². The minimum atomic E-state index is 0.917. The quantitative estimate of drug-likeness (QED) is 0.772. The van der Waals surface area contributed by atoms with Crippen molar-refractivity contribution < 1.29 is 0 Å². The molecule has 90 valence electrons. The molecule has 1 heterocycles. The lowest BCUT2D eigenvalue weighted by Crippen LogP contribution is -2.02. The van der Waals surface area contributed by atoms with Gasteiger partial charge in [-0.3, -0.25) is 0 Å². The van der Waals surface area contributed by atoms with Crippen molar-refractivity contribution in [3.63, 3.8) is 0 Å². The van der Waals surface area contributed by atoms with Gasteiger partial charge in [0.05, 0.1) is 0 Å². The molecule has 0 aliphatic heterocycles. The Morgan fingerprint density at radius 1 is 1.12 bits per heavy atom. The van der Waals surface area contributed by atoms with Gasteiger partial charge in [-0.2, -0.15) is 0 Å². The van der Waals surface area contributed by atoms with Crippen LogP contribution in [0.1, 0.15) is 20.9 Å². The highest BCUT2D eigenvalue weighted by Gasteiger charge is 2.04. The van der Waals surface area contributed by atoms with Gasteiger partial charge in [-0.05, 0) is 78.8 Å². The number of rotatable bonds is 3. The average Bonchev–Trinajstić information content (AvgIpc) is 2.62. The third-order valence-electron chi connectivity index (χ3n) is 2.73. The molecule has 0 bridgehead atoms. The van der Waals surface area contributed by atoms with Crippen molar-refractivity contribution in [1.82, 2.24) is 0 Å². The van der Waals surface area contributed by atoms with Crippen LogP contribution in [0, 0.1) is 24.3 Å². The van der Waals surface area contributed by atoms with Gasteiger partial charge in [0.25, 0.3) is 0 Å². The summed E-state index contributed by atoms with van der Waals surface area (Å²) in [5.41, 5.74) is 3.92. The molecule has 0 saturated heterocycles. The van der Waals surface area contributed by atoms with Gasteiger partial charge in [-0.15, -0.1) is 11.3 Å². The third kappa shape index (κ3) is 3.22. The molecule has 0 radical (unpaired) electrons. The minimum absolute atomic E-state index is 0.917. The molecule has 0 atom stereocenters. The van der Waals surface area contributed by atoms with Gasteiger partial charge >= 0.3 is 0 Å². The predicted octanol–water partition coefficient (Wildman–Crippen LogP) is 4.89. The highest BCUT2D eigenvalue weighted by atomic mass is 127. The van der Waals surface area contributed by atoms with Crippen LogP contribution in [0.4, 0.5) is 5.69 Å². The van der Waals surface area contributed by atoms with Crippen LogP contribution >= 0.6 is 33.9 Å². The first kappa shape index (κ1) is 12.9. The van der Waals surface area contributed by atoms with Crippen LogP contribution in [0.3, 0.4) is 0 Å². The minimum Gasteiger partial charge on any atom is -0.380 e. The predicted molar refractivity (Wildman–Crippen MR) is 85.0 cm³/mol. The van der Waals surface area contributed by atoms with Crippen LogP contribution < -0.4 is 5.32 Å². The Kier molecular flexibility index (Phi) is 4.09. The molecule has 0 unspecified atom stereocenters. The maximum absolute atomic E-state index is 3.55. The first-order valence-corrected chi connectivity index (χ1v) is 7.51. The fourth-order valence-electron chi connectivity index (χ4n) is 1.95. The number of aryl methyl sites for hydroxylation is 3. The van der Waals surface area contributed by atoms with E-state index in [0.29, 0.717) is 0 Å². The number of nitrogens with one attached hydrogen (secondary N) is 1. The lowest BCUT2D eigenvalue weighted by molar-refractivity contribution is 1.16. The molecule has 1 nitrogen and oxygen atoms in total. The van der Waals surface area contributed by atoms with Crippen LogP contribution in [-0.2, 0) is 6.54 Å². The zero-order valence-electron chi connectivity index (χ0n) is 10.3. The number of hydrogen-bond donors (Lipinski definition) is 1. The zero-order valence-corrected chi connectivity index (χ0v) is 13.3. The second-order valence-electron chi connectivity index (χ2n) is 4.28. The van der Waals surface area contributed by atoms with E-state index in [1.54, 1.807) is 0 Å². The van der Waals surface area contributed by atoms with E-state index in [9.17, 15) is 0 Å². The van der Waals surface area contributed by atoms with Crippen molar-refractivity contribution >= 4 is 39.6 Å². The number of hydrogen-bond acceptors (Lipinski definition) is 2. The van der Waals surface area contributed by atoms with Gasteiger partial charge in [0.1, 0.15) is 0 Å². The summed E-state index contributed by atoms with van der Waals surface area (Å²) in [5.74, 6) is 0. The molecule has 0 saturated carbocycles. The lowest BCUT2D eigenvalue weighted by atomic mass is 10.1. The summed E-state index contributed by atoms with van der Waals surface area (Å²) >= 11 is 4.22. The standard InChI is InChI=1S/C14H16INS/c1-9-6-12(15)7-10(2)14(9)16-8-13-5-4-11(3)17-13/h4-7,16H,8H2,1-3H3. The smallest absolute Gasteiger partial charge is 0.0494 e. The zero-order chi connectivity index (χ0) is 12.4. The summed E-state index contributed by atoms with van der Waals surface area (Å²) in [5, 5.41) is 3.55. The molecular weight excluding hydrogens is 341 g/mol. The summed E-state index contributed by atoms with van der Waals surface area (Å²) in [6.07, 6.45) is 0. The molecule has 2 aromatic rings. The number of thiophene rings is 1. The van der Waals surface area contributed by atoms with Crippen LogP contribution in [0.25, 0.3) is 0 Å². The van der Waals surface area contributed by atoms with Gasteiger partial charge in [0.15, 0.2) is 0 Å². The number of halogens is 1. The third-order valence-corrected chi connectivity index (χ3v) is 4.36. The van der Waals surface area contributed by atoms with Crippen molar-refractivity contribution in [2.45, 2.75) is 27.3 Å². The molecule has 0 aliphatic rings. The molecule has 2 rings (SSSR count). The van der Waals surface area contributed by atoms with Crippen molar-refractivity contribution in [1.29, 1.82) is 0 Å². The lowest BCUT2D eigenvalue weighted by Gasteiger charge is -2.12. The van der Waals surface area contributed by atoms with Crippen molar-refractivity contribution in [3.8, 4) is 0 Å². The molecular formula is C14H16INS. The Hall–Kier alpha value is -0.550. The Morgan fingerprint density at radius 2 is 1.76 bits per heavy atom. The van der Waals surface area contributed by atoms with E-state index in [4.69, 9.17) is 0 Å². The van der Waals surface area contributed by atoms with Crippen molar-refractivity contribution in [3.05, 3.63) is 48.7 Å². The van der Waals surface area contributed by atoms with Gasteiger partial charge in [0, 0.05) is 25.6 Å². The molecule has 0 spiro atoms. The summed E-state index contributed by atoms with van der Waals surface area (Å²) < 4.78 is 1.30. The van der Waals surface area contributed by atoms with Crippen LogP contribution in [0.2, 0.25) is 0 Å².